The molecule has 3 aromatic rings. The molecule has 30 heavy (non-hydrogen) atoms. The maximum atomic E-state index is 13.2. The molecule has 1 saturated carbocycles. The fourth-order valence-electron chi connectivity index (χ4n) is 3.31. The molecule has 1 aliphatic carbocycles. The molecule has 9 heteroatoms. The van der Waals surface area contributed by atoms with E-state index in [1.165, 1.54) is 11.8 Å². The van der Waals surface area contributed by atoms with Gasteiger partial charge in [-0.3, -0.25) is 9.59 Å². The van der Waals surface area contributed by atoms with Gasteiger partial charge in [0, 0.05) is 27.1 Å². The highest BCUT2D eigenvalue weighted by Gasteiger charge is 2.34. The molecule has 152 valence electrons. The molecule has 0 saturated heterocycles. The van der Waals surface area contributed by atoms with E-state index >= 15 is 0 Å². The van der Waals surface area contributed by atoms with E-state index in [2.05, 4.69) is 15.5 Å². The van der Waals surface area contributed by atoms with Crippen LogP contribution >= 0.6 is 23.4 Å². The number of aromatic nitrogens is 2. The van der Waals surface area contributed by atoms with Gasteiger partial charge >= 0.3 is 0 Å². The van der Waals surface area contributed by atoms with E-state index < -0.39 is 0 Å². The van der Waals surface area contributed by atoms with Crippen LogP contribution in [0.4, 0.5) is 5.69 Å². The molecule has 0 bridgehead atoms. The SMILES string of the molecule is O=C1CSc2ccc(C(=O)N(Cc3nnc(-c4ccc(Cl)cc4)o3)C3CC3)cc2N1. The second-order valence-electron chi connectivity index (χ2n) is 7.22. The highest BCUT2D eigenvalue weighted by Crippen LogP contribution is 2.34. The molecular weight excluding hydrogens is 424 g/mol. The van der Waals surface area contributed by atoms with Crippen molar-refractivity contribution in [2.45, 2.75) is 30.3 Å². The van der Waals surface area contributed by atoms with Crippen LogP contribution in [0.3, 0.4) is 0 Å². The Bertz CT molecular complexity index is 1130. The van der Waals surface area contributed by atoms with Gasteiger partial charge in [0.25, 0.3) is 5.91 Å². The Morgan fingerprint density at radius 2 is 2.00 bits per heavy atom. The van der Waals surface area contributed by atoms with Crippen LogP contribution in [0.2, 0.25) is 5.02 Å². The molecule has 0 atom stereocenters. The predicted octanol–water partition coefficient (Wildman–Crippen LogP) is 4.24. The zero-order valence-electron chi connectivity index (χ0n) is 15.8. The van der Waals surface area contributed by atoms with Crippen molar-refractivity contribution >= 4 is 40.9 Å². The Morgan fingerprint density at radius 3 is 2.77 bits per heavy atom. The molecule has 2 amide bonds. The molecule has 0 spiro atoms. The van der Waals surface area contributed by atoms with E-state index in [1.54, 1.807) is 29.2 Å². The summed E-state index contributed by atoms with van der Waals surface area (Å²) < 4.78 is 5.79. The van der Waals surface area contributed by atoms with Crippen molar-refractivity contribution in [3.63, 3.8) is 0 Å². The van der Waals surface area contributed by atoms with Crippen molar-refractivity contribution in [3.8, 4) is 11.5 Å². The van der Waals surface area contributed by atoms with Gasteiger partial charge in [-0.2, -0.15) is 0 Å². The fourth-order valence-corrected chi connectivity index (χ4v) is 4.22. The Hall–Kier alpha value is -2.84. The average Bonchev–Trinajstić information content (AvgIpc) is 3.49. The molecule has 1 fully saturated rings. The minimum absolute atomic E-state index is 0.0586. The lowest BCUT2D eigenvalue weighted by atomic mass is 10.1. The van der Waals surface area contributed by atoms with E-state index in [-0.39, 0.29) is 24.4 Å². The number of fused-ring (bicyclic) bond motifs is 1. The number of thioether (sulfide) groups is 1. The maximum absolute atomic E-state index is 13.2. The molecule has 0 radical (unpaired) electrons. The van der Waals surface area contributed by atoms with Gasteiger partial charge in [-0.25, -0.2) is 0 Å². The summed E-state index contributed by atoms with van der Waals surface area (Å²) in [4.78, 5) is 27.6. The topological polar surface area (TPSA) is 88.3 Å². The number of nitrogens with zero attached hydrogens (tertiary/aromatic N) is 3. The summed E-state index contributed by atoms with van der Waals surface area (Å²) in [5, 5.41) is 11.7. The van der Waals surface area contributed by atoms with Crippen LogP contribution in [0.1, 0.15) is 29.1 Å². The molecule has 1 aliphatic heterocycles. The fraction of sp³-hybridized carbons (Fsp3) is 0.238. The predicted molar refractivity (Wildman–Crippen MR) is 113 cm³/mol. The molecule has 0 unspecified atom stereocenters. The first kappa shape index (κ1) is 19.1. The van der Waals surface area contributed by atoms with Crippen LogP contribution in [0, 0.1) is 0 Å². The van der Waals surface area contributed by atoms with Crippen LogP contribution in [-0.2, 0) is 11.3 Å². The number of halogens is 1. The zero-order valence-corrected chi connectivity index (χ0v) is 17.4. The third-order valence-corrected chi connectivity index (χ3v) is 6.30. The van der Waals surface area contributed by atoms with Crippen molar-refractivity contribution in [2.24, 2.45) is 0 Å². The van der Waals surface area contributed by atoms with E-state index in [1.807, 2.05) is 18.2 Å². The van der Waals surface area contributed by atoms with E-state index in [9.17, 15) is 9.59 Å². The Morgan fingerprint density at radius 1 is 1.20 bits per heavy atom. The van der Waals surface area contributed by atoms with Gasteiger partial charge in [0.15, 0.2) is 0 Å². The van der Waals surface area contributed by atoms with Crippen molar-refractivity contribution < 1.29 is 14.0 Å². The van der Waals surface area contributed by atoms with Gasteiger partial charge in [-0.05, 0) is 55.3 Å². The lowest BCUT2D eigenvalue weighted by molar-refractivity contribution is -0.113. The monoisotopic (exact) mass is 440 g/mol. The summed E-state index contributed by atoms with van der Waals surface area (Å²) in [6.45, 7) is 0.238. The lowest BCUT2D eigenvalue weighted by Crippen LogP contribution is -2.33. The van der Waals surface area contributed by atoms with E-state index in [0.717, 1.165) is 23.3 Å². The van der Waals surface area contributed by atoms with Crippen LogP contribution in [-0.4, -0.2) is 38.7 Å². The molecule has 5 rings (SSSR count). The quantitative estimate of drug-likeness (QED) is 0.638. The van der Waals surface area contributed by atoms with Crippen molar-refractivity contribution in [1.82, 2.24) is 15.1 Å². The first-order chi connectivity index (χ1) is 14.6. The van der Waals surface area contributed by atoms with Crippen molar-refractivity contribution in [1.29, 1.82) is 0 Å². The number of carbonyl (C=O) groups is 2. The summed E-state index contributed by atoms with van der Waals surface area (Å²) in [7, 11) is 0. The lowest BCUT2D eigenvalue weighted by Gasteiger charge is -2.22. The smallest absolute Gasteiger partial charge is 0.254 e. The first-order valence-corrected chi connectivity index (χ1v) is 10.9. The highest BCUT2D eigenvalue weighted by molar-refractivity contribution is 8.00. The minimum Gasteiger partial charge on any atom is -0.419 e. The number of anilines is 1. The maximum Gasteiger partial charge on any atom is 0.254 e. The number of hydrogen-bond donors (Lipinski definition) is 1. The van der Waals surface area contributed by atoms with Crippen LogP contribution in [0.25, 0.3) is 11.5 Å². The van der Waals surface area contributed by atoms with Gasteiger partial charge in [0.1, 0.15) is 0 Å². The van der Waals surface area contributed by atoms with E-state index in [0.29, 0.717) is 33.8 Å². The standard InChI is InChI=1S/C21H17ClN4O3S/c22-14-4-1-12(2-5-14)20-25-24-19(29-20)10-26(15-6-7-15)21(28)13-3-8-17-16(9-13)23-18(27)11-30-17/h1-5,8-9,15H,6-7,10-11H2,(H,23,27). The summed E-state index contributed by atoms with van der Waals surface area (Å²) in [6, 6.07) is 12.7. The Labute approximate surface area is 181 Å². The Balaban J connectivity index is 1.36. The second kappa shape index (κ2) is 7.77. The molecule has 1 N–H and O–H groups in total. The first-order valence-electron chi connectivity index (χ1n) is 9.53. The summed E-state index contributed by atoms with van der Waals surface area (Å²) in [6.07, 6.45) is 1.89. The molecule has 2 aliphatic rings. The van der Waals surface area contributed by atoms with Gasteiger partial charge < -0.3 is 14.6 Å². The molecule has 2 aromatic carbocycles. The zero-order chi connectivity index (χ0) is 20.7. The third kappa shape index (κ3) is 3.93. The summed E-state index contributed by atoms with van der Waals surface area (Å²) in [5.41, 5.74) is 1.98. The highest BCUT2D eigenvalue weighted by atomic mass is 35.5. The Kier molecular flexibility index (Phi) is 4.96. The number of benzene rings is 2. The number of hydrogen-bond acceptors (Lipinski definition) is 6. The number of rotatable bonds is 5. The van der Waals surface area contributed by atoms with Gasteiger partial charge in [0.05, 0.1) is 18.0 Å². The number of amides is 2. The van der Waals surface area contributed by atoms with Crippen molar-refractivity contribution in [3.05, 3.63) is 58.9 Å². The largest absolute Gasteiger partial charge is 0.419 e. The second-order valence-corrected chi connectivity index (χ2v) is 8.67. The van der Waals surface area contributed by atoms with Crippen LogP contribution in [0.5, 0.6) is 0 Å². The third-order valence-electron chi connectivity index (χ3n) is 4.97. The number of carbonyl (C=O) groups excluding carboxylic acids is 2. The average molecular weight is 441 g/mol. The van der Waals surface area contributed by atoms with Crippen LogP contribution < -0.4 is 5.32 Å². The van der Waals surface area contributed by atoms with Gasteiger partial charge in [-0.15, -0.1) is 22.0 Å². The molecule has 2 heterocycles. The molecular formula is C21H17ClN4O3S. The normalized spacial score (nSPS) is 15.4. The molecule has 7 nitrogen and oxygen atoms in total. The van der Waals surface area contributed by atoms with Gasteiger partial charge in [-0.1, -0.05) is 11.6 Å². The van der Waals surface area contributed by atoms with E-state index in [4.69, 9.17) is 16.0 Å². The molecule has 1 aromatic heterocycles. The number of nitrogens with one attached hydrogen (secondary N) is 1. The summed E-state index contributed by atoms with van der Waals surface area (Å²) >= 11 is 7.39. The minimum atomic E-state index is -0.114. The van der Waals surface area contributed by atoms with Gasteiger partial charge in [0.2, 0.25) is 17.7 Å². The summed E-state index contributed by atoms with van der Waals surface area (Å²) in [5.74, 6) is 0.982. The van der Waals surface area contributed by atoms with Crippen LogP contribution in [0.15, 0.2) is 51.8 Å². The van der Waals surface area contributed by atoms with Crippen molar-refractivity contribution in [2.75, 3.05) is 11.1 Å².